The van der Waals surface area contributed by atoms with Crippen LogP contribution in [0.25, 0.3) is 11.1 Å². The van der Waals surface area contributed by atoms with Gasteiger partial charge in [-0.3, -0.25) is 9.59 Å². The molecule has 0 radical (unpaired) electrons. The molecule has 0 bridgehead atoms. The third-order valence-electron chi connectivity index (χ3n) is 8.23. The molecule has 0 spiro atoms. The lowest BCUT2D eigenvalue weighted by Crippen LogP contribution is -2.30. The van der Waals surface area contributed by atoms with Gasteiger partial charge in [-0.1, -0.05) is 99.6 Å². The van der Waals surface area contributed by atoms with Crippen LogP contribution >= 0.6 is 0 Å². The molecular formula is C41H42N2O6. The van der Waals surface area contributed by atoms with E-state index in [1.807, 2.05) is 54.6 Å². The second-order valence-corrected chi connectivity index (χ2v) is 12.7. The molecule has 8 nitrogen and oxygen atoms in total. The van der Waals surface area contributed by atoms with Crippen LogP contribution in [0, 0.1) is 0 Å². The second-order valence-electron chi connectivity index (χ2n) is 12.7. The number of rotatable bonds is 13. The molecule has 0 aromatic heterocycles. The highest BCUT2D eigenvalue weighted by molar-refractivity contribution is 6.00. The van der Waals surface area contributed by atoms with Gasteiger partial charge in [-0.05, 0) is 63.6 Å². The number of methoxy groups -OCH3 is 2. The Balaban J connectivity index is 1.43. The number of carboxylic acids is 1. The molecule has 0 fully saturated rings. The van der Waals surface area contributed by atoms with Crippen molar-refractivity contribution in [2.24, 2.45) is 0 Å². The Hall–Kier alpha value is -5.76. The number of carbonyl (C=O) groups excluding carboxylic acids is 1. The molecule has 1 atom stereocenters. The van der Waals surface area contributed by atoms with E-state index in [9.17, 15) is 14.7 Å². The number of ether oxygens (including phenoxy) is 3. The minimum atomic E-state index is -1.03. The standard InChI is InChI=1S/C41H42N2O6/c1-41(2,3)31-17-11-27(12-18-31)26-42-35-21-19-32(49-33-20-22-37(47-4)38(24-33)48-5)23-34(35)40(46)43-36(25-39(44)45)30-15-13-29(14-16-30)28-9-7-6-8-10-28/h6-24,36,42H,25-26H2,1-5H3,(H,43,46)(H,44,45). The minimum absolute atomic E-state index is 0.0370. The van der Waals surface area contributed by atoms with Gasteiger partial charge in [-0.25, -0.2) is 0 Å². The lowest BCUT2D eigenvalue weighted by molar-refractivity contribution is -0.137. The van der Waals surface area contributed by atoms with Gasteiger partial charge in [-0.15, -0.1) is 0 Å². The van der Waals surface area contributed by atoms with Crippen molar-refractivity contribution >= 4 is 17.6 Å². The van der Waals surface area contributed by atoms with Crippen LogP contribution in [0.3, 0.4) is 0 Å². The summed E-state index contributed by atoms with van der Waals surface area (Å²) >= 11 is 0. The fourth-order valence-corrected chi connectivity index (χ4v) is 5.47. The number of benzene rings is 5. The summed E-state index contributed by atoms with van der Waals surface area (Å²) in [5.74, 6) is 0.502. The molecule has 1 unspecified atom stereocenters. The number of nitrogens with one attached hydrogen (secondary N) is 2. The summed E-state index contributed by atoms with van der Waals surface area (Å²) in [6.45, 7) is 6.99. The molecule has 1 amide bonds. The second kappa shape index (κ2) is 15.4. The number of aliphatic carboxylic acids is 1. The first-order valence-corrected chi connectivity index (χ1v) is 16.1. The van der Waals surface area contributed by atoms with Crippen LogP contribution in [0.5, 0.6) is 23.0 Å². The Labute approximate surface area is 287 Å². The van der Waals surface area contributed by atoms with Gasteiger partial charge in [0.05, 0.1) is 32.2 Å². The van der Waals surface area contributed by atoms with E-state index in [1.54, 1.807) is 50.6 Å². The molecule has 49 heavy (non-hydrogen) atoms. The first kappa shape index (κ1) is 34.6. The van der Waals surface area contributed by atoms with E-state index in [-0.39, 0.29) is 11.8 Å². The third kappa shape index (κ3) is 8.99. The summed E-state index contributed by atoms with van der Waals surface area (Å²) in [6, 6.07) is 35.5. The molecule has 0 aliphatic heterocycles. The number of carboxylic acid groups (broad SMARTS) is 1. The van der Waals surface area contributed by atoms with Crippen LogP contribution in [0.1, 0.15) is 60.3 Å². The zero-order valence-corrected chi connectivity index (χ0v) is 28.4. The highest BCUT2D eigenvalue weighted by Gasteiger charge is 2.22. The van der Waals surface area contributed by atoms with Crippen LogP contribution in [-0.4, -0.2) is 31.2 Å². The summed E-state index contributed by atoms with van der Waals surface area (Å²) in [5.41, 5.74) is 5.92. The van der Waals surface area contributed by atoms with Crippen molar-refractivity contribution < 1.29 is 28.9 Å². The van der Waals surface area contributed by atoms with Crippen LogP contribution < -0.4 is 24.8 Å². The van der Waals surface area contributed by atoms with Crippen LogP contribution in [0.4, 0.5) is 5.69 Å². The molecule has 0 aliphatic carbocycles. The number of amides is 1. The summed E-state index contributed by atoms with van der Waals surface area (Å²) in [7, 11) is 3.10. The maximum absolute atomic E-state index is 14.0. The SMILES string of the molecule is COc1ccc(Oc2ccc(NCc3ccc(C(C)(C)C)cc3)c(C(=O)NC(CC(=O)O)c3ccc(-c4ccccc4)cc3)c2)cc1OC. The van der Waals surface area contributed by atoms with Crippen molar-refractivity contribution in [3.05, 3.63) is 138 Å². The van der Waals surface area contributed by atoms with E-state index < -0.39 is 17.9 Å². The maximum Gasteiger partial charge on any atom is 0.305 e. The molecule has 5 aromatic rings. The minimum Gasteiger partial charge on any atom is -0.493 e. The van der Waals surface area contributed by atoms with Gasteiger partial charge < -0.3 is 30.0 Å². The predicted molar refractivity (Wildman–Crippen MR) is 193 cm³/mol. The van der Waals surface area contributed by atoms with Gasteiger partial charge >= 0.3 is 5.97 Å². The van der Waals surface area contributed by atoms with Crippen molar-refractivity contribution in [1.82, 2.24) is 5.32 Å². The quantitative estimate of drug-likeness (QED) is 0.116. The first-order valence-electron chi connectivity index (χ1n) is 16.1. The zero-order chi connectivity index (χ0) is 35.0. The molecule has 8 heteroatoms. The van der Waals surface area contributed by atoms with Gasteiger partial charge in [0, 0.05) is 18.3 Å². The Morgan fingerprint density at radius 3 is 2.00 bits per heavy atom. The summed E-state index contributed by atoms with van der Waals surface area (Å²) in [6.07, 6.45) is -0.291. The predicted octanol–water partition coefficient (Wildman–Crippen LogP) is 9.02. The van der Waals surface area contributed by atoms with Crippen molar-refractivity contribution in [3.63, 3.8) is 0 Å². The van der Waals surface area contributed by atoms with E-state index in [0.29, 0.717) is 46.4 Å². The Morgan fingerprint density at radius 2 is 1.37 bits per heavy atom. The average Bonchev–Trinajstić information content (AvgIpc) is 3.10. The van der Waals surface area contributed by atoms with E-state index >= 15 is 0 Å². The summed E-state index contributed by atoms with van der Waals surface area (Å²) in [4.78, 5) is 26.0. The lowest BCUT2D eigenvalue weighted by atomic mass is 9.87. The fourth-order valence-electron chi connectivity index (χ4n) is 5.47. The highest BCUT2D eigenvalue weighted by Crippen LogP contribution is 2.35. The average molecular weight is 659 g/mol. The topological polar surface area (TPSA) is 106 Å². The molecular weight excluding hydrogens is 616 g/mol. The van der Waals surface area contributed by atoms with E-state index in [1.165, 1.54) is 5.56 Å². The van der Waals surface area contributed by atoms with E-state index in [2.05, 4.69) is 55.7 Å². The Morgan fingerprint density at radius 1 is 0.735 bits per heavy atom. The van der Waals surface area contributed by atoms with E-state index in [0.717, 1.165) is 16.7 Å². The smallest absolute Gasteiger partial charge is 0.305 e. The Bertz CT molecular complexity index is 1880. The van der Waals surface area contributed by atoms with Gasteiger partial charge in [0.25, 0.3) is 5.91 Å². The first-order chi connectivity index (χ1) is 23.5. The number of anilines is 1. The van der Waals surface area contributed by atoms with Crippen molar-refractivity contribution in [2.75, 3.05) is 19.5 Å². The van der Waals surface area contributed by atoms with E-state index in [4.69, 9.17) is 14.2 Å². The maximum atomic E-state index is 14.0. The molecule has 3 N–H and O–H groups in total. The van der Waals surface area contributed by atoms with Gasteiger partial charge in [0.2, 0.25) is 0 Å². The lowest BCUT2D eigenvalue weighted by Gasteiger charge is -2.21. The van der Waals surface area contributed by atoms with Crippen molar-refractivity contribution in [2.45, 2.75) is 45.2 Å². The van der Waals surface area contributed by atoms with Gasteiger partial charge in [0.1, 0.15) is 11.5 Å². The van der Waals surface area contributed by atoms with Crippen molar-refractivity contribution in [1.29, 1.82) is 0 Å². The molecule has 0 saturated carbocycles. The van der Waals surface area contributed by atoms with Gasteiger partial charge in [0.15, 0.2) is 11.5 Å². The molecule has 252 valence electrons. The van der Waals surface area contributed by atoms with Crippen LogP contribution in [-0.2, 0) is 16.8 Å². The molecule has 5 aromatic carbocycles. The fraction of sp³-hybridized carbons (Fsp3) is 0.220. The largest absolute Gasteiger partial charge is 0.493 e. The van der Waals surface area contributed by atoms with Crippen molar-refractivity contribution in [3.8, 4) is 34.1 Å². The monoisotopic (exact) mass is 658 g/mol. The summed E-state index contributed by atoms with van der Waals surface area (Å²) < 4.78 is 16.9. The number of hydrogen-bond donors (Lipinski definition) is 3. The molecule has 5 rings (SSSR count). The Kier molecular flexibility index (Phi) is 10.9. The molecule has 0 saturated heterocycles. The highest BCUT2D eigenvalue weighted by atomic mass is 16.5. The summed E-state index contributed by atoms with van der Waals surface area (Å²) in [5, 5.41) is 16.2. The van der Waals surface area contributed by atoms with Crippen LogP contribution in [0.2, 0.25) is 0 Å². The van der Waals surface area contributed by atoms with Gasteiger partial charge in [-0.2, -0.15) is 0 Å². The van der Waals surface area contributed by atoms with Crippen LogP contribution in [0.15, 0.2) is 115 Å². The third-order valence-corrected chi connectivity index (χ3v) is 8.23. The number of hydrogen-bond acceptors (Lipinski definition) is 6. The number of carbonyl (C=O) groups is 2. The zero-order valence-electron chi connectivity index (χ0n) is 28.4. The molecule has 0 aliphatic rings. The molecule has 0 heterocycles. The normalized spacial score (nSPS) is 11.7.